The molecule has 0 bridgehead atoms. The smallest absolute Gasteiger partial charge is 0.137 e. The molecule has 0 unspecified atom stereocenters. The summed E-state index contributed by atoms with van der Waals surface area (Å²) in [5, 5.41) is 1.02. The van der Waals surface area contributed by atoms with Crippen LogP contribution in [0.15, 0.2) is 22.7 Å². The lowest BCUT2D eigenvalue weighted by molar-refractivity contribution is 0.214. The molecular formula is C13H18Br2FN. The Hall–Kier alpha value is 0.0700. The van der Waals surface area contributed by atoms with Crippen LogP contribution in [-0.2, 0) is 6.54 Å². The molecule has 17 heavy (non-hydrogen) atoms. The predicted octanol–water partition coefficient (Wildman–Crippen LogP) is 4.58. The summed E-state index contributed by atoms with van der Waals surface area (Å²) < 4.78 is 13.7. The molecule has 0 radical (unpaired) electrons. The summed E-state index contributed by atoms with van der Waals surface area (Å²) in [6.07, 6.45) is 1.13. The van der Waals surface area contributed by atoms with Crippen molar-refractivity contribution >= 4 is 31.9 Å². The van der Waals surface area contributed by atoms with Crippen molar-refractivity contribution in [1.29, 1.82) is 0 Å². The molecule has 96 valence electrons. The van der Waals surface area contributed by atoms with E-state index in [9.17, 15) is 4.39 Å². The van der Waals surface area contributed by atoms with Crippen molar-refractivity contribution in [3.05, 3.63) is 34.1 Å². The summed E-state index contributed by atoms with van der Waals surface area (Å²) in [4.78, 5) is 2.39. The monoisotopic (exact) mass is 365 g/mol. The zero-order valence-corrected chi connectivity index (χ0v) is 13.4. The van der Waals surface area contributed by atoms with E-state index in [1.165, 1.54) is 6.07 Å². The molecule has 0 fully saturated rings. The van der Waals surface area contributed by atoms with Crippen molar-refractivity contribution in [1.82, 2.24) is 4.90 Å². The van der Waals surface area contributed by atoms with Gasteiger partial charge in [-0.1, -0.05) is 22.0 Å². The van der Waals surface area contributed by atoms with Crippen LogP contribution < -0.4 is 0 Å². The second-order valence-corrected chi connectivity index (χ2v) is 6.00. The Kier molecular flexibility index (Phi) is 6.67. The van der Waals surface area contributed by atoms with Gasteiger partial charge in [-0.3, -0.25) is 4.90 Å². The van der Waals surface area contributed by atoms with E-state index in [1.54, 1.807) is 0 Å². The Labute approximate surface area is 120 Å². The van der Waals surface area contributed by atoms with Gasteiger partial charge >= 0.3 is 0 Å². The normalized spacial score (nSPS) is 11.5. The highest BCUT2D eigenvalue weighted by atomic mass is 79.9. The maximum atomic E-state index is 13.1. The third kappa shape index (κ3) is 5.06. The largest absolute Gasteiger partial charge is 0.297 e. The molecule has 0 saturated heterocycles. The Morgan fingerprint density at radius 2 is 2.06 bits per heavy atom. The van der Waals surface area contributed by atoms with Gasteiger partial charge in [0.2, 0.25) is 0 Å². The van der Waals surface area contributed by atoms with Crippen molar-refractivity contribution in [2.45, 2.75) is 32.9 Å². The lowest BCUT2D eigenvalue weighted by Crippen LogP contribution is -2.31. The number of nitrogens with zero attached hydrogens (tertiary/aromatic N) is 1. The molecule has 1 nitrogen and oxygen atoms in total. The van der Waals surface area contributed by atoms with Crippen LogP contribution in [0, 0.1) is 5.82 Å². The van der Waals surface area contributed by atoms with Crippen LogP contribution in [-0.4, -0.2) is 22.8 Å². The predicted molar refractivity (Wildman–Crippen MR) is 78.1 cm³/mol. The van der Waals surface area contributed by atoms with E-state index in [0.29, 0.717) is 10.5 Å². The first-order chi connectivity index (χ1) is 8.04. The molecule has 0 saturated carbocycles. The molecule has 1 rings (SSSR count). The summed E-state index contributed by atoms with van der Waals surface area (Å²) in [5.74, 6) is -0.203. The minimum atomic E-state index is -0.203. The van der Waals surface area contributed by atoms with Crippen LogP contribution in [0.1, 0.15) is 25.8 Å². The van der Waals surface area contributed by atoms with Crippen LogP contribution in [0.3, 0.4) is 0 Å². The first-order valence-corrected chi connectivity index (χ1v) is 7.70. The Morgan fingerprint density at radius 3 is 2.59 bits per heavy atom. The molecule has 0 aliphatic carbocycles. The van der Waals surface area contributed by atoms with E-state index in [-0.39, 0.29) is 5.82 Å². The number of halogens is 3. The van der Waals surface area contributed by atoms with E-state index in [2.05, 4.69) is 50.6 Å². The third-order valence-corrected chi connectivity index (χ3v) is 3.85. The molecule has 0 amide bonds. The molecule has 0 aliphatic rings. The summed E-state index contributed by atoms with van der Waals surface area (Å²) in [7, 11) is 0. The average molecular weight is 367 g/mol. The molecule has 1 aromatic carbocycles. The standard InChI is InChI=1S/C13H18Br2FN/c1-10(2)17(7-3-6-14)9-11-4-5-13(16)12(15)8-11/h4-5,8,10H,3,6-7,9H2,1-2H3. The van der Waals surface area contributed by atoms with E-state index >= 15 is 0 Å². The van der Waals surface area contributed by atoms with Crippen molar-refractivity contribution in [2.75, 3.05) is 11.9 Å². The lowest BCUT2D eigenvalue weighted by atomic mass is 10.2. The summed E-state index contributed by atoms with van der Waals surface area (Å²) in [6.45, 7) is 6.29. The minimum absolute atomic E-state index is 0.203. The number of benzene rings is 1. The van der Waals surface area contributed by atoms with Crippen molar-refractivity contribution in [2.24, 2.45) is 0 Å². The minimum Gasteiger partial charge on any atom is -0.297 e. The Morgan fingerprint density at radius 1 is 1.35 bits per heavy atom. The van der Waals surface area contributed by atoms with E-state index in [0.717, 1.165) is 30.4 Å². The highest BCUT2D eigenvalue weighted by molar-refractivity contribution is 9.10. The highest BCUT2D eigenvalue weighted by Gasteiger charge is 2.10. The van der Waals surface area contributed by atoms with Crippen LogP contribution in [0.25, 0.3) is 0 Å². The third-order valence-electron chi connectivity index (χ3n) is 2.68. The summed E-state index contributed by atoms with van der Waals surface area (Å²) >= 11 is 6.67. The molecule has 0 aliphatic heterocycles. The second kappa shape index (κ2) is 7.49. The van der Waals surface area contributed by atoms with E-state index in [4.69, 9.17) is 0 Å². The van der Waals surface area contributed by atoms with Crippen LogP contribution in [0.4, 0.5) is 4.39 Å². The van der Waals surface area contributed by atoms with Gasteiger partial charge in [-0.15, -0.1) is 0 Å². The molecule has 1 aromatic rings. The van der Waals surface area contributed by atoms with Gasteiger partial charge in [-0.2, -0.15) is 0 Å². The fourth-order valence-electron chi connectivity index (χ4n) is 1.66. The molecule has 0 heterocycles. The zero-order chi connectivity index (χ0) is 12.8. The van der Waals surface area contributed by atoms with Crippen LogP contribution in [0.2, 0.25) is 0 Å². The van der Waals surface area contributed by atoms with Crippen molar-refractivity contribution < 1.29 is 4.39 Å². The summed E-state index contributed by atoms with van der Waals surface area (Å²) in [5.41, 5.74) is 1.14. The topological polar surface area (TPSA) is 3.24 Å². The Balaban J connectivity index is 2.68. The highest BCUT2D eigenvalue weighted by Crippen LogP contribution is 2.18. The van der Waals surface area contributed by atoms with E-state index < -0.39 is 0 Å². The maximum absolute atomic E-state index is 13.1. The average Bonchev–Trinajstić information content (AvgIpc) is 2.28. The number of alkyl halides is 1. The van der Waals surface area contributed by atoms with Crippen LogP contribution in [0.5, 0.6) is 0 Å². The number of rotatable bonds is 6. The van der Waals surface area contributed by atoms with Gasteiger partial charge in [-0.25, -0.2) is 4.39 Å². The second-order valence-electron chi connectivity index (χ2n) is 4.36. The SMILES string of the molecule is CC(C)N(CCCBr)Cc1ccc(F)c(Br)c1. The lowest BCUT2D eigenvalue weighted by Gasteiger charge is -2.26. The molecule has 0 atom stereocenters. The summed E-state index contributed by atoms with van der Waals surface area (Å²) in [6, 6.07) is 5.73. The van der Waals surface area contributed by atoms with Crippen molar-refractivity contribution in [3.8, 4) is 0 Å². The first-order valence-electron chi connectivity index (χ1n) is 5.78. The van der Waals surface area contributed by atoms with Gasteiger partial charge in [0, 0.05) is 17.9 Å². The molecule has 4 heteroatoms. The van der Waals surface area contributed by atoms with Gasteiger partial charge in [0.15, 0.2) is 0 Å². The number of hydrogen-bond donors (Lipinski definition) is 0. The molecule has 0 spiro atoms. The Bertz CT molecular complexity index is 355. The fraction of sp³-hybridized carbons (Fsp3) is 0.538. The van der Waals surface area contributed by atoms with Gasteiger partial charge in [0.25, 0.3) is 0 Å². The quantitative estimate of drug-likeness (QED) is 0.666. The van der Waals surface area contributed by atoms with Gasteiger partial charge in [0.05, 0.1) is 4.47 Å². The molecular weight excluding hydrogens is 349 g/mol. The van der Waals surface area contributed by atoms with Gasteiger partial charge in [-0.05, 0) is 60.4 Å². The number of hydrogen-bond acceptors (Lipinski definition) is 1. The molecule has 0 N–H and O–H groups in total. The van der Waals surface area contributed by atoms with E-state index in [1.807, 2.05) is 12.1 Å². The van der Waals surface area contributed by atoms with Gasteiger partial charge in [0.1, 0.15) is 5.82 Å². The first kappa shape index (κ1) is 15.1. The van der Waals surface area contributed by atoms with Crippen LogP contribution >= 0.6 is 31.9 Å². The molecule has 0 aromatic heterocycles. The zero-order valence-electron chi connectivity index (χ0n) is 10.2. The van der Waals surface area contributed by atoms with Gasteiger partial charge < -0.3 is 0 Å². The maximum Gasteiger partial charge on any atom is 0.137 e. The van der Waals surface area contributed by atoms with Crippen molar-refractivity contribution in [3.63, 3.8) is 0 Å². The fourth-order valence-corrected chi connectivity index (χ4v) is 2.33.